The normalized spacial score (nSPS) is 11.7. The van der Waals surface area contributed by atoms with Gasteiger partial charge in [-0.15, -0.1) is 0 Å². The SMILES string of the molecule is Cc1cccc(C)c1B(c1c(C)cccc1C)c1ccc2ccc3c(N(c4ccccc4)c4cccc5c4oc4c(-c6ccccc6)cccc45)ccc4ccc1c2c43. The van der Waals surface area contributed by atoms with Gasteiger partial charge in [-0.3, -0.25) is 0 Å². The topological polar surface area (TPSA) is 16.4 Å². The number of fused-ring (bicyclic) bond motifs is 3. The van der Waals surface area contributed by atoms with Crippen LogP contribution < -0.4 is 21.3 Å². The smallest absolute Gasteiger partial charge is 0.243 e. The van der Waals surface area contributed by atoms with Gasteiger partial charge in [0.2, 0.25) is 6.71 Å². The van der Waals surface area contributed by atoms with Crippen molar-refractivity contribution in [1.82, 2.24) is 0 Å². The van der Waals surface area contributed by atoms with Gasteiger partial charge in [0.05, 0.1) is 11.4 Å². The molecule has 11 aromatic rings. The predicted octanol–water partition coefficient (Wildman–Crippen LogP) is 13.4. The minimum absolute atomic E-state index is 0.0775. The van der Waals surface area contributed by atoms with Crippen molar-refractivity contribution >= 4 is 94.4 Å². The number of aryl methyl sites for hydroxylation is 4. The van der Waals surface area contributed by atoms with Gasteiger partial charge in [-0.25, -0.2) is 0 Å². The molecule has 1 aromatic heterocycles. The highest BCUT2D eigenvalue weighted by Gasteiger charge is 2.30. The lowest BCUT2D eigenvalue weighted by molar-refractivity contribution is 0.670. The number of rotatable bonds is 7. The maximum Gasteiger partial charge on any atom is 0.243 e. The van der Waals surface area contributed by atoms with E-state index in [1.165, 1.54) is 71.0 Å². The molecular formula is C56H42BNO. The van der Waals surface area contributed by atoms with Crippen LogP contribution in [0.15, 0.2) is 186 Å². The van der Waals surface area contributed by atoms with Crippen LogP contribution in [0, 0.1) is 27.7 Å². The lowest BCUT2D eigenvalue weighted by atomic mass is 9.33. The Morgan fingerprint density at radius 1 is 0.390 bits per heavy atom. The molecule has 0 saturated carbocycles. The third-order valence-corrected chi connectivity index (χ3v) is 12.7. The van der Waals surface area contributed by atoms with Crippen LogP contribution in [0.25, 0.3) is 65.4 Å². The van der Waals surface area contributed by atoms with Crippen LogP contribution in [0.3, 0.4) is 0 Å². The summed E-state index contributed by atoms with van der Waals surface area (Å²) in [4.78, 5) is 2.40. The van der Waals surface area contributed by atoms with Gasteiger partial charge in [0.25, 0.3) is 0 Å². The average molecular weight is 756 g/mol. The van der Waals surface area contributed by atoms with E-state index < -0.39 is 0 Å². The molecule has 0 fully saturated rings. The van der Waals surface area contributed by atoms with Crippen molar-refractivity contribution in [2.75, 3.05) is 4.90 Å². The Hall–Kier alpha value is -7.10. The summed E-state index contributed by atoms with van der Waals surface area (Å²) in [5, 5.41) is 9.79. The molecule has 0 aliphatic rings. The first-order chi connectivity index (χ1) is 29.0. The standard InChI is InChI=1S/C56H42BNO/c1-35-15-11-16-36(2)53(35)57(54-37(3)17-12-18-38(54)4)48-33-29-40-28-32-47-49(34-30-41-27-31-46(48)51(40)52(41)47)58(42-21-9-6-10-22-42)50-26-14-25-45-44-24-13-23-43(55(44)59-56(45)50)39-19-7-5-8-20-39/h5-34H,1-4H3. The lowest BCUT2D eigenvalue weighted by Gasteiger charge is -2.28. The molecule has 0 aliphatic carbocycles. The van der Waals surface area contributed by atoms with Crippen LogP contribution in [0.2, 0.25) is 0 Å². The van der Waals surface area contributed by atoms with E-state index in [1.807, 2.05) is 0 Å². The second kappa shape index (κ2) is 13.8. The molecule has 0 saturated heterocycles. The quantitative estimate of drug-likeness (QED) is 0.119. The Kier molecular flexibility index (Phi) is 8.20. The zero-order valence-corrected chi connectivity index (χ0v) is 33.8. The van der Waals surface area contributed by atoms with Crippen molar-refractivity contribution < 1.29 is 4.42 Å². The van der Waals surface area contributed by atoms with Crippen LogP contribution in [0.4, 0.5) is 17.1 Å². The van der Waals surface area contributed by atoms with Gasteiger partial charge in [0.1, 0.15) is 5.58 Å². The number of furan rings is 1. The Morgan fingerprint density at radius 2 is 0.915 bits per heavy atom. The number of hydrogen-bond donors (Lipinski definition) is 0. The molecule has 0 radical (unpaired) electrons. The van der Waals surface area contributed by atoms with Crippen molar-refractivity contribution in [3.8, 4) is 11.1 Å². The fourth-order valence-electron chi connectivity index (χ4n) is 10.1. The summed E-state index contributed by atoms with van der Waals surface area (Å²) in [6, 6.07) is 66.5. The molecule has 280 valence electrons. The van der Waals surface area contributed by atoms with Crippen LogP contribution in [-0.2, 0) is 0 Å². The van der Waals surface area contributed by atoms with Crippen molar-refractivity contribution in [2.45, 2.75) is 27.7 Å². The van der Waals surface area contributed by atoms with E-state index in [1.54, 1.807) is 0 Å². The summed E-state index contributed by atoms with van der Waals surface area (Å²) >= 11 is 0. The molecule has 0 N–H and O–H groups in total. The molecule has 1 heterocycles. The van der Waals surface area contributed by atoms with Gasteiger partial charge < -0.3 is 9.32 Å². The van der Waals surface area contributed by atoms with Crippen molar-refractivity contribution in [3.63, 3.8) is 0 Å². The molecule has 0 aliphatic heterocycles. The maximum atomic E-state index is 7.04. The first-order valence-corrected chi connectivity index (χ1v) is 20.6. The summed E-state index contributed by atoms with van der Waals surface area (Å²) in [6.07, 6.45) is 0. The summed E-state index contributed by atoms with van der Waals surface area (Å²) < 4.78 is 7.04. The molecule has 10 aromatic carbocycles. The molecule has 0 spiro atoms. The summed E-state index contributed by atoms with van der Waals surface area (Å²) in [5.41, 5.74) is 16.6. The molecule has 0 unspecified atom stereocenters. The van der Waals surface area contributed by atoms with Crippen LogP contribution in [0.1, 0.15) is 22.3 Å². The van der Waals surface area contributed by atoms with E-state index in [-0.39, 0.29) is 6.71 Å². The van der Waals surface area contributed by atoms with Gasteiger partial charge in [-0.2, -0.15) is 0 Å². The lowest BCUT2D eigenvalue weighted by Crippen LogP contribution is -2.56. The first-order valence-electron chi connectivity index (χ1n) is 20.6. The third-order valence-electron chi connectivity index (χ3n) is 12.7. The molecule has 59 heavy (non-hydrogen) atoms. The van der Waals surface area contributed by atoms with E-state index >= 15 is 0 Å². The fraction of sp³-hybridized carbons (Fsp3) is 0.0714. The Morgan fingerprint density at radius 3 is 1.58 bits per heavy atom. The molecular weight excluding hydrogens is 713 g/mol. The Balaban J connectivity index is 1.19. The minimum atomic E-state index is 0.0775. The van der Waals surface area contributed by atoms with Crippen molar-refractivity contribution in [3.05, 3.63) is 204 Å². The maximum absolute atomic E-state index is 7.04. The number of hydrogen-bond acceptors (Lipinski definition) is 2. The Labute approximate surface area is 345 Å². The van der Waals surface area contributed by atoms with Crippen molar-refractivity contribution in [1.29, 1.82) is 0 Å². The second-order valence-electron chi connectivity index (χ2n) is 16.2. The van der Waals surface area contributed by atoms with Gasteiger partial charge in [-0.1, -0.05) is 196 Å². The number of nitrogens with zero attached hydrogens (tertiary/aromatic N) is 1. The number of para-hydroxylation sites is 3. The second-order valence-corrected chi connectivity index (χ2v) is 16.2. The summed E-state index contributed by atoms with van der Waals surface area (Å²) in [6.45, 7) is 9.17. The van der Waals surface area contributed by atoms with Gasteiger partial charge >= 0.3 is 0 Å². The first kappa shape index (κ1) is 35.1. The molecule has 11 rings (SSSR count). The molecule has 0 atom stereocenters. The van der Waals surface area contributed by atoms with Gasteiger partial charge in [-0.05, 0) is 84.5 Å². The largest absolute Gasteiger partial charge is 0.453 e. The average Bonchev–Trinajstić information content (AvgIpc) is 3.66. The third kappa shape index (κ3) is 5.49. The van der Waals surface area contributed by atoms with Crippen LogP contribution in [0.5, 0.6) is 0 Å². The minimum Gasteiger partial charge on any atom is -0.453 e. The molecule has 3 heteroatoms. The Bertz CT molecular complexity index is 3290. The summed E-state index contributed by atoms with van der Waals surface area (Å²) in [5.74, 6) is 0. The zero-order chi connectivity index (χ0) is 39.8. The van der Waals surface area contributed by atoms with E-state index in [4.69, 9.17) is 4.42 Å². The highest BCUT2D eigenvalue weighted by atomic mass is 16.3. The number of anilines is 3. The monoisotopic (exact) mass is 755 g/mol. The predicted molar refractivity (Wildman–Crippen MR) is 254 cm³/mol. The van der Waals surface area contributed by atoms with Gasteiger partial charge in [0, 0.05) is 27.4 Å². The molecule has 0 amide bonds. The van der Waals surface area contributed by atoms with E-state index in [0.29, 0.717) is 0 Å². The van der Waals surface area contributed by atoms with Crippen molar-refractivity contribution in [2.24, 2.45) is 0 Å². The zero-order valence-electron chi connectivity index (χ0n) is 33.8. The summed E-state index contributed by atoms with van der Waals surface area (Å²) in [7, 11) is 0. The highest BCUT2D eigenvalue weighted by Crippen LogP contribution is 2.47. The van der Waals surface area contributed by atoms with Gasteiger partial charge in [0.15, 0.2) is 5.58 Å². The molecule has 0 bridgehead atoms. The fourth-order valence-corrected chi connectivity index (χ4v) is 10.1. The van der Waals surface area contributed by atoms with E-state index in [2.05, 4.69) is 215 Å². The van der Waals surface area contributed by atoms with Crippen LogP contribution in [-0.4, -0.2) is 6.71 Å². The van der Waals surface area contributed by atoms with Crippen LogP contribution >= 0.6 is 0 Å². The molecule has 2 nitrogen and oxygen atoms in total. The van der Waals surface area contributed by atoms with E-state index in [9.17, 15) is 0 Å². The highest BCUT2D eigenvalue weighted by molar-refractivity contribution is 6.98. The van der Waals surface area contributed by atoms with E-state index in [0.717, 1.165) is 50.1 Å². The number of benzene rings is 10.